The minimum absolute atomic E-state index is 0.0336. The number of hydrogen-bond donors (Lipinski definition) is 1. The highest BCUT2D eigenvalue weighted by atomic mass is 35.5. The Hall–Kier alpha value is -6.06. The van der Waals surface area contributed by atoms with E-state index in [2.05, 4.69) is 37.8 Å². The minimum Gasteiger partial charge on any atom is -0.355 e. The molecular formula is C41H33ClF5N9O4S2. The third-order valence-corrected chi connectivity index (χ3v) is 12.7. The molecule has 5 aromatic heterocycles. The molecule has 0 spiro atoms. The van der Waals surface area contributed by atoms with Crippen LogP contribution in [0.2, 0.25) is 5.02 Å². The van der Waals surface area contributed by atoms with Crippen molar-refractivity contribution in [1.29, 1.82) is 5.26 Å². The highest BCUT2D eigenvalue weighted by Gasteiger charge is 2.33. The predicted molar refractivity (Wildman–Crippen MR) is 223 cm³/mol. The molecule has 7 rings (SSSR count). The van der Waals surface area contributed by atoms with Gasteiger partial charge in [-0.3, -0.25) is 24.0 Å². The van der Waals surface area contributed by atoms with E-state index in [9.17, 15) is 45.2 Å². The number of nitrogens with one attached hydrogen (secondary N) is 1. The van der Waals surface area contributed by atoms with E-state index >= 15 is 0 Å². The van der Waals surface area contributed by atoms with Crippen molar-refractivity contribution < 1.29 is 35.2 Å². The van der Waals surface area contributed by atoms with Gasteiger partial charge in [0.25, 0.3) is 27.4 Å². The molecule has 1 saturated heterocycles. The zero-order valence-corrected chi connectivity index (χ0v) is 35.3. The average molecular weight is 910 g/mol. The number of halogens is 6. The number of alkyl halides is 5. The summed E-state index contributed by atoms with van der Waals surface area (Å²) in [5, 5.41) is 11.3. The second-order valence-electron chi connectivity index (χ2n) is 14.6. The molecule has 1 N–H and O–H groups in total. The quantitative estimate of drug-likeness (QED) is 0.117. The molecule has 6 heterocycles. The monoisotopic (exact) mass is 909 g/mol. The maximum atomic E-state index is 14.1. The van der Waals surface area contributed by atoms with E-state index in [-0.39, 0.29) is 52.5 Å². The number of fused-ring (bicyclic) bond motifs is 2. The minimum atomic E-state index is -4.74. The number of anilines is 1. The van der Waals surface area contributed by atoms with Gasteiger partial charge in [-0.1, -0.05) is 23.4 Å². The molecule has 6 aromatic rings. The molecule has 320 valence electrons. The Morgan fingerprint density at radius 3 is 2.47 bits per heavy atom. The van der Waals surface area contributed by atoms with Crippen molar-refractivity contribution in [1.82, 2.24) is 34.1 Å². The Morgan fingerprint density at radius 1 is 1.06 bits per heavy atom. The Morgan fingerprint density at radius 2 is 1.81 bits per heavy atom. The van der Waals surface area contributed by atoms with Crippen molar-refractivity contribution in [3.05, 3.63) is 104 Å². The van der Waals surface area contributed by atoms with Crippen molar-refractivity contribution in [2.24, 2.45) is 0 Å². The molecule has 0 aliphatic carbocycles. The number of rotatable bonds is 9. The molecule has 0 atom stereocenters. The van der Waals surface area contributed by atoms with Crippen LogP contribution in [0.15, 0.2) is 70.2 Å². The molecule has 1 fully saturated rings. The van der Waals surface area contributed by atoms with Crippen molar-refractivity contribution in [3.8, 4) is 29.0 Å². The molecule has 0 saturated carbocycles. The van der Waals surface area contributed by atoms with E-state index in [0.717, 1.165) is 18.3 Å². The lowest BCUT2D eigenvalue weighted by Crippen LogP contribution is -2.46. The lowest BCUT2D eigenvalue weighted by Gasteiger charge is -2.38. The SMILES string of the molecule is Cc1nc2cnc(N(C)C3CCN(CC(C)(F)F)CC3)c(C#N)c2c(=O)n1CC#Cc1ccc(Cl)cc1-c1ccnc2c(C(=O)NS(=O)(=O)c3ccc(C(F)(F)F)cn3)csc12. The first kappa shape index (κ1) is 44.0. The summed E-state index contributed by atoms with van der Waals surface area (Å²) in [6.45, 7) is 2.92. The summed E-state index contributed by atoms with van der Waals surface area (Å²) in [6, 6.07) is 9.78. The van der Waals surface area contributed by atoms with Crippen LogP contribution in [0.3, 0.4) is 0 Å². The zero-order chi connectivity index (χ0) is 44.7. The molecule has 0 bridgehead atoms. The largest absolute Gasteiger partial charge is 0.417 e. The van der Waals surface area contributed by atoms with Gasteiger partial charge in [0.15, 0.2) is 5.03 Å². The summed E-state index contributed by atoms with van der Waals surface area (Å²) in [7, 11) is -2.91. The highest BCUT2D eigenvalue weighted by Crippen LogP contribution is 2.37. The number of aromatic nitrogens is 5. The Kier molecular flexibility index (Phi) is 12.1. The van der Waals surface area contributed by atoms with Gasteiger partial charge in [-0.05, 0) is 56.2 Å². The molecule has 0 radical (unpaired) electrons. The van der Waals surface area contributed by atoms with E-state index in [0.29, 0.717) is 76.5 Å². The number of piperidine rings is 1. The number of thiophene rings is 1. The first-order chi connectivity index (χ1) is 29.3. The maximum absolute atomic E-state index is 14.1. The second-order valence-corrected chi connectivity index (χ2v) is 17.5. The average Bonchev–Trinajstić information content (AvgIpc) is 3.66. The molecule has 62 heavy (non-hydrogen) atoms. The number of likely N-dealkylation sites (tertiary alicyclic amines) is 1. The summed E-state index contributed by atoms with van der Waals surface area (Å²) < 4.78 is 95.7. The van der Waals surface area contributed by atoms with Gasteiger partial charge in [-0.2, -0.15) is 26.9 Å². The van der Waals surface area contributed by atoms with Crippen LogP contribution in [0.4, 0.5) is 27.8 Å². The predicted octanol–water partition coefficient (Wildman–Crippen LogP) is 7.04. The number of sulfonamides is 1. The van der Waals surface area contributed by atoms with Gasteiger partial charge in [0, 0.05) is 72.6 Å². The lowest BCUT2D eigenvalue weighted by atomic mass is 10.00. The van der Waals surface area contributed by atoms with Gasteiger partial charge in [0.1, 0.15) is 23.3 Å². The number of hydrogen-bond acceptors (Lipinski definition) is 12. The van der Waals surface area contributed by atoms with Crippen molar-refractivity contribution >= 4 is 65.8 Å². The first-order valence-electron chi connectivity index (χ1n) is 18.6. The fraction of sp³-hybridized carbons (Fsp3) is 0.293. The molecular weight excluding hydrogens is 877 g/mol. The summed E-state index contributed by atoms with van der Waals surface area (Å²) >= 11 is 7.51. The first-order valence-corrected chi connectivity index (χ1v) is 21.4. The van der Waals surface area contributed by atoms with Crippen LogP contribution >= 0.6 is 22.9 Å². The van der Waals surface area contributed by atoms with Gasteiger partial charge >= 0.3 is 6.18 Å². The van der Waals surface area contributed by atoms with Crippen LogP contribution in [0, 0.1) is 30.1 Å². The lowest BCUT2D eigenvalue weighted by molar-refractivity contribution is -0.137. The number of carbonyl (C=O) groups is 1. The highest BCUT2D eigenvalue weighted by molar-refractivity contribution is 7.90. The Bertz CT molecular complexity index is 3020. The van der Waals surface area contributed by atoms with Crippen molar-refractivity contribution in [3.63, 3.8) is 0 Å². The normalized spacial score (nSPS) is 14.1. The summed E-state index contributed by atoms with van der Waals surface area (Å²) in [5.74, 6) is 2.79. The number of nitrogens with zero attached hydrogens (tertiary/aromatic N) is 8. The van der Waals surface area contributed by atoms with Crippen LogP contribution in [0.25, 0.3) is 32.2 Å². The molecule has 1 aromatic carbocycles. The van der Waals surface area contributed by atoms with E-state index in [4.69, 9.17) is 11.6 Å². The topological polar surface area (TPSA) is 167 Å². The molecule has 21 heteroatoms. The molecule has 13 nitrogen and oxygen atoms in total. The summed E-state index contributed by atoms with van der Waals surface area (Å²) in [5.41, 5.74) is 0.120. The fourth-order valence-electron chi connectivity index (χ4n) is 7.20. The van der Waals surface area contributed by atoms with Gasteiger partial charge in [0.2, 0.25) is 0 Å². The molecule has 1 aliphatic heterocycles. The maximum Gasteiger partial charge on any atom is 0.417 e. The van der Waals surface area contributed by atoms with Crippen LogP contribution in [-0.2, 0) is 22.7 Å². The third-order valence-electron chi connectivity index (χ3n) is 10.2. The van der Waals surface area contributed by atoms with Gasteiger partial charge < -0.3 is 4.90 Å². The standard InChI is InChI=1S/C41H33ClF5N9O4S2/c1-23-52-32-20-51-37(54(3)27-11-15-55(16-12-27)22-40(2,43)44)30(18-48)34(32)39(58)56(23)14-4-5-24-6-8-26(42)17-29(24)28-10-13-49-35-31(21-61-36(28)35)38(57)53-62(59,60)33-9-7-25(19-50-33)41(45,46)47/h6-10,13,17,19-21,27H,11-12,14-16,22H2,1-3H3,(H,53,57). The Labute approximate surface area is 359 Å². The fourth-order valence-corrected chi connectivity index (χ4v) is 9.31. The van der Waals surface area contributed by atoms with E-state index < -0.39 is 44.2 Å². The molecule has 1 amide bonds. The number of nitriles is 1. The Balaban J connectivity index is 1.16. The second kappa shape index (κ2) is 17.0. The van der Waals surface area contributed by atoms with Gasteiger partial charge in [-0.25, -0.2) is 28.5 Å². The number of aryl methyl sites for hydroxylation is 1. The van der Waals surface area contributed by atoms with E-state index in [1.165, 1.54) is 22.3 Å². The van der Waals surface area contributed by atoms with Crippen LogP contribution in [0.1, 0.15) is 52.6 Å². The van der Waals surface area contributed by atoms with Crippen LogP contribution < -0.4 is 15.2 Å². The van der Waals surface area contributed by atoms with Gasteiger partial charge in [-0.15, -0.1) is 11.3 Å². The van der Waals surface area contributed by atoms with E-state index in [1.54, 1.807) is 43.1 Å². The molecule has 0 unspecified atom stereocenters. The third kappa shape index (κ3) is 9.09. The number of amides is 1. The van der Waals surface area contributed by atoms with Crippen molar-refractivity contribution in [2.75, 3.05) is 31.6 Å². The molecule has 1 aliphatic rings. The summed E-state index contributed by atoms with van der Waals surface area (Å²) in [4.78, 5) is 47.6. The smallest absolute Gasteiger partial charge is 0.355 e. The zero-order valence-electron chi connectivity index (χ0n) is 32.9. The summed E-state index contributed by atoms with van der Waals surface area (Å²) in [6.07, 6.45) is -0.442. The number of carbonyl (C=O) groups excluding carboxylic acids is 1. The van der Waals surface area contributed by atoms with Gasteiger partial charge in [0.05, 0.1) is 51.5 Å². The van der Waals surface area contributed by atoms with Crippen LogP contribution in [0.5, 0.6) is 0 Å². The van der Waals surface area contributed by atoms with E-state index in [1.807, 2.05) is 9.62 Å². The number of benzene rings is 1. The van der Waals surface area contributed by atoms with Crippen LogP contribution in [-0.4, -0.2) is 82.4 Å². The van der Waals surface area contributed by atoms with Crippen molar-refractivity contribution in [2.45, 2.75) is 56.4 Å². The number of pyridine rings is 3.